The molecule has 1 amide bonds. The molecule has 0 bridgehead atoms. The first-order valence-corrected chi connectivity index (χ1v) is 7.12. The Morgan fingerprint density at radius 1 is 1.45 bits per heavy atom. The van der Waals surface area contributed by atoms with Crippen molar-refractivity contribution >= 4 is 39.4 Å². The Morgan fingerprint density at radius 2 is 2.15 bits per heavy atom. The lowest BCUT2D eigenvalue weighted by atomic mass is 10.0. The zero-order valence-electron chi connectivity index (χ0n) is 10.7. The van der Waals surface area contributed by atoms with Gasteiger partial charge >= 0.3 is 5.97 Å². The minimum atomic E-state index is -0.965. The summed E-state index contributed by atoms with van der Waals surface area (Å²) in [5.41, 5.74) is 0.333. The van der Waals surface area contributed by atoms with Crippen LogP contribution in [0.5, 0.6) is 0 Å². The average Bonchev–Trinajstić information content (AvgIpc) is 2.89. The van der Waals surface area contributed by atoms with Crippen molar-refractivity contribution in [1.82, 2.24) is 4.90 Å². The predicted molar refractivity (Wildman–Crippen MR) is 77.0 cm³/mol. The number of amides is 1. The average molecular weight is 363 g/mol. The van der Waals surface area contributed by atoms with Crippen LogP contribution in [-0.2, 0) is 9.53 Å². The second kappa shape index (κ2) is 6.11. The molecule has 7 heteroatoms. The van der Waals surface area contributed by atoms with E-state index in [0.29, 0.717) is 15.1 Å². The van der Waals surface area contributed by atoms with Crippen molar-refractivity contribution in [3.05, 3.63) is 33.3 Å². The summed E-state index contributed by atoms with van der Waals surface area (Å²) >= 11 is 9.36. The van der Waals surface area contributed by atoms with E-state index < -0.39 is 17.9 Å². The van der Waals surface area contributed by atoms with E-state index >= 15 is 0 Å². The van der Waals surface area contributed by atoms with Crippen LogP contribution in [0.2, 0.25) is 5.02 Å². The summed E-state index contributed by atoms with van der Waals surface area (Å²) in [4.78, 5) is 25.0. The second-order valence-electron chi connectivity index (χ2n) is 4.57. The molecule has 0 aromatic heterocycles. The van der Waals surface area contributed by atoms with Gasteiger partial charge in [-0.2, -0.15) is 0 Å². The van der Waals surface area contributed by atoms with Crippen LogP contribution in [0.25, 0.3) is 0 Å². The van der Waals surface area contributed by atoms with Gasteiger partial charge in [-0.15, -0.1) is 0 Å². The Kier molecular flexibility index (Phi) is 4.67. The molecule has 2 unspecified atom stereocenters. The number of halogens is 2. The van der Waals surface area contributed by atoms with Crippen LogP contribution < -0.4 is 0 Å². The number of carbonyl (C=O) groups excluding carboxylic acids is 1. The third-order valence-corrected chi connectivity index (χ3v) is 4.66. The molecular weight excluding hydrogens is 350 g/mol. The number of carboxylic acids is 1. The number of carboxylic acid groups (broad SMARTS) is 1. The highest BCUT2D eigenvalue weighted by molar-refractivity contribution is 9.10. The van der Waals surface area contributed by atoms with E-state index in [9.17, 15) is 9.59 Å². The molecule has 1 aliphatic heterocycles. The van der Waals surface area contributed by atoms with Gasteiger partial charge in [-0.3, -0.25) is 9.59 Å². The van der Waals surface area contributed by atoms with Gasteiger partial charge in [-0.1, -0.05) is 17.7 Å². The van der Waals surface area contributed by atoms with Crippen molar-refractivity contribution in [3.8, 4) is 0 Å². The van der Waals surface area contributed by atoms with Gasteiger partial charge in [-0.05, 0) is 28.1 Å². The molecular formula is C13H13BrClNO4. The van der Waals surface area contributed by atoms with Crippen molar-refractivity contribution in [1.29, 1.82) is 0 Å². The Hall–Kier alpha value is -1.11. The van der Waals surface area contributed by atoms with E-state index in [-0.39, 0.29) is 19.1 Å². The number of carbonyl (C=O) groups is 2. The van der Waals surface area contributed by atoms with Crippen LogP contribution in [0.4, 0.5) is 0 Å². The number of aliphatic carboxylic acids is 1. The maximum atomic E-state index is 12.4. The first-order valence-electron chi connectivity index (χ1n) is 5.95. The molecule has 2 rings (SSSR count). The second-order valence-corrected chi connectivity index (χ2v) is 5.80. The molecule has 0 aliphatic carbocycles. The summed E-state index contributed by atoms with van der Waals surface area (Å²) in [6.07, 6.45) is 0. The maximum absolute atomic E-state index is 12.4. The van der Waals surface area contributed by atoms with E-state index in [1.54, 1.807) is 25.2 Å². The lowest BCUT2D eigenvalue weighted by molar-refractivity contribution is -0.142. The molecule has 2 atom stereocenters. The lowest BCUT2D eigenvalue weighted by Gasteiger charge is -2.26. The fraction of sp³-hybridized carbons (Fsp3) is 0.385. The number of nitrogens with zero attached hydrogens (tertiary/aromatic N) is 1. The topological polar surface area (TPSA) is 66.8 Å². The number of hydrogen-bond donors (Lipinski definition) is 1. The molecule has 5 nitrogen and oxygen atoms in total. The molecule has 0 radical (unpaired) electrons. The Morgan fingerprint density at radius 3 is 2.80 bits per heavy atom. The van der Waals surface area contributed by atoms with E-state index in [0.717, 1.165) is 0 Å². The monoisotopic (exact) mass is 361 g/mol. The van der Waals surface area contributed by atoms with E-state index in [2.05, 4.69) is 15.9 Å². The SMILES string of the molecule is CN(C(=O)c1cccc(Br)c1Cl)C1COCC1C(=O)O. The lowest BCUT2D eigenvalue weighted by Crippen LogP contribution is -2.44. The van der Waals surface area contributed by atoms with Crippen LogP contribution in [0.3, 0.4) is 0 Å². The highest BCUT2D eigenvalue weighted by atomic mass is 79.9. The van der Waals surface area contributed by atoms with Crippen molar-refractivity contribution in [2.45, 2.75) is 6.04 Å². The maximum Gasteiger partial charge on any atom is 0.311 e. The number of benzene rings is 1. The van der Waals surface area contributed by atoms with Gasteiger partial charge in [0.05, 0.1) is 29.8 Å². The van der Waals surface area contributed by atoms with Gasteiger partial charge in [0.25, 0.3) is 5.91 Å². The third kappa shape index (κ3) is 2.82. The Labute approximate surface area is 129 Å². The molecule has 20 heavy (non-hydrogen) atoms. The van der Waals surface area contributed by atoms with Crippen LogP contribution in [0.15, 0.2) is 22.7 Å². The summed E-state index contributed by atoms with van der Waals surface area (Å²) in [7, 11) is 1.56. The number of likely N-dealkylation sites (N-methyl/N-ethyl adjacent to an activating group) is 1. The summed E-state index contributed by atoms with van der Waals surface area (Å²) in [5.74, 6) is -2.00. The Balaban J connectivity index is 2.24. The summed E-state index contributed by atoms with van der Waals surface area (Å²) in [5, 5.41) is 9.45. The third-order valence-electron chi connectivity index (χ3n) is 3.37. The van der Waals surface area contributed by atoms with Crippen LogP contribution in [0, 0.1) is 5.92 Å². The number of ether oxygens (including phenoxy) is 1. The first kappa shape index (κ1) is 15.3. The molecule has 1 saturated heterocycles. The summed E-state index contributed by atoms with van der Waals surface area (Å²) in [6, 6.07) is 4.56. The van der Waals surface area contributed by atoms with Gasteiger partial charge in [0, 0.05) is 11.5 Å². The zero-order chi connectivity index (χ0) is 14.9. The molecule has 1 heterocycles. The molecule has 1 aromatic rings. The molecule has 1 aliphatic rings. The smallest absolute Gasteiger partial charge is 0.311 e. The quantitative estimate of drug-likeness (QED) is 0.896. The van der Waals surface area contributed by atoms with E-state index in [1.807, 2.05) is 0 Å². The van der Waals surface area contributed by atoms with Crippen molar-refractivity contribution in [3.63, 3.8) is 0 Å². The van der Waals surface area contributed by atoms with Crippen LogP contribution in [-0.4, -0.2) is 48.2 Å². The van der Waals surface area contributed by atoms with Crippen LogP contribution >= 0.6 is 27.5 Å². The highest BCUT2D eigenvalue weighted by Gasteiger charge is 2.39. The van der Waals surface area contributed by atoms with Gasteiger partial charge in [0.1, 0.15) is 5.92 Å². The predicted octanol–water partition coefficient (Wildman–Crippen LogP) is 2.27. The Bertz CT molecular complexity index is 551. The minimum Gasteiger partial charge on any atom is -0.481 e. The number of hydrogen-bond acceptors (Lipinski definition) is 3. The molecule has 1 aromatic carbocycles. The van der Waals surface area contributed by atoms with Gasteiger partial charge in [0.2, 0.25) is 0 Å². The van der Waals surface area contributed by atoms with Crippen molar-refractivity contribution < 1.29 is 19.4 Å². The fourth-order valence-corrected chi connectivity index (χ4v) is 2.74. The van der Waals surface area contributed by atoms with E-state index in [1.165, 1.54) is 4.90 Å². The molecule has 0 saturated carbocycles. The summed E-state index contributed by atoms with van der Waals surface area (Å²) < 4.78 is 5.80. The molecule has 0 spiro atoms. The standard InChI is InChI=1S/C13H13BrClNO4/c1-16(10-6-20-5-8(10)13(18)19)12(17)7-3-2-4-9(14)11(7)15/h2-4,8,10H,5-6H2,1H3,(H,18,19). The van der Waals surface area contributed by atoms with Crippen molar-refractivity contribution in [2.75, 3.05) is 20.3 Å². The van der Waals surface area contributed by atoms with Crippen LogP contribution in [0.1, 0.15) is 10.4 Å². The van der Waals surface area contributed by atoms with Gasteiger partial charge in [0.15, 0.2) is 0 Å². The molecule has 1 N–H and O–H groups in total. The fourth-order valence-electron chi connectivity index (χ4n) is 2.17. The van der Waals surface area contributed by atoms with Gasteiger partial charge < -0.3 is 14.7 Å². The summed E-state index contributed by atoms with van der Waals surface area (Å²) in [6.45, 7) is 0.328. The highest BCUT2D eigenvalue weighted by Crippen LogP contribution is 2.28. The van der Waals surface area contributed by atoms with Crippen molar-refractivity contribution in [2.24, 2.45) is 5.92 Å². The minimum absolute atomic E-state index is 0.115. The first-order chi connectivity index (χ1) is 9.43. The normalized spacial score (nSPS) is 21.8. The van der Waals surface area contributed by atoms with Gasteiger partial charge in [-0.25, -0.2) is 0 Å². The largest absolute Gasteiger partial charge is 0.481 e. The van der Waals surface area contributed by atoms with E-state index in [4.69, 9.17) is 21.4 Å². The molecule has 108 valence electrons. The molecule has 1 fully saturated rings. The number of rotatable bonds is 3. The zero-order valence-corrected chi connectivity index (χ0v) is 13.0.